The van der Waals surface area contributed by atoms with Crippen molar-refractivity contribution in [2.75, 3.05) is 7.05 Å². The van der Waals surface area contributed by atoms with Gasteiger partial charge in [-0.15, -0.1) is 0 Å². The van der Waals surface area contributed by atoms with Gasteiger partial charge in [-0.1, -0.05) is 66.7 Å². The van der Waals surface area contributed by atoms with E-state index in [1.165, 1.54) is 5.56 Å². The molecule has 26 heavy (non-hydrogen) atoms. The number of hydrogen-bond donors (Lipinski definition) is 2. The Balaban J connectivity index is 1.73. The molecule has 3 heteroatoms. The molecule has 0 bridgehead atoms. The van der Waals surface area contributed by atoms with E-state index in [4.69, 9.17) is 0 Å². The van der Waals surface area contributed by atoms with Crippen LogP contribution in [0.2, 0.25) is 0 Å². The average molecular weight is 346 g/mol. The zero-order valence-corrected chi connectivity index (χ0v) is 15.7. The van der Waals surface area contributed by atoms with Gasteiger partial charge in [0.2, 0.25) is 5.91 Å². The van der Waals surface area contributed by atoms with E-state index in [9.17, 15) is 4.79 Å². The SMILES string of the molecule is CNCc1ccc(C(C)(C)NC(=O)Cc2cccc3ccccc23)cc1. The first-order valence-corrected chi connectivity index (χ1v) is 9.01. The van der Waals surface area contributed by atoms with E-state index in [1.807, 2.05) is 45.2 Å². The van der Waals surface area contributed by atoms with Gasteiger partial charge < -0.3 is 10.6 Å². The molecule has 0 saturated heterocycles. The number of carbonyl (C=O) groups excluding carboxylic acids is 1. The number of rotatable bonds is 6. The van der Waals surface area contributed by atoms with Crippen molar-refractivity contribution in [2.24, 2.45) is 0 Å². The second kappa shape index (κ2) is 7.71. The highest BCUT2D eigenvalue weighted by molar-refractivity contribution is 5.90. The van der Waals surface area contributed by atoms with Crippen LogP contribution in [0.3, 0.4) is 0 Å². The minimum Gasteiger partial charge on any atom is -0.347 e. The maximum Gasteiger partial charge on any atom is 0.225 e. The molecule has 3 rings (SSSR count). The van der Waals surface area contributed by atoms with Gasteiger partial charge in [0.15, 0.2) is 0 Å². The largest absolute Gasteiger partial charge is 0.347 e. The maximum atomic E-state index is 12.7. The Morgan fingerprint density at radius 2 is 1.62 bits per heavy atom. The zero-order valence-electron chi connectivity index (χ0n) is 15.7. The predicted molar refractivity (Wildman–Crippen MR) is 108 cm³/mol. The third-order valence-corrected chi connectivity index (χ3v) is 4.74. The number of benzene rings is 3. The first-order chi connectivity index (χ1) is 12.5. The molecule has 0 aliphatic heterocycles. The molecule has 0 atom stereocenters. The minimum absolute atomic E-state index is 0.0330. The van der Waals surface area contributed by atoms with Crippen LogP contribution in [-0.2, 0) is 23.3 Å². The van der Waals surface area contributed by atoms with Crippen molar-refractivity contribution >= 4 is 16.7 Å². The molecule has 2 N–H and O–H groups in total. The smallest absolute Gasteiger partial charge is 0.225 e. The zero-order chi connectivity index (χ0) is 18.6. The Labute approximate surface area is 155 Å². The van der Waals surface area contributed by atoms with E-state index in [2.05, 4.69) is 53.1 Å². The lowest BCUT2D eigenvalue weighted by molar-refractivity contribution is -0.122. The number of nitrogens with one attached hydrogen (secondary N) is 2. The van der Waals surface area contributed by atoms with E-state index in [0.29, 0.717) is 6.42 Å². The second-order valence-electron chi connectivity index (χ2n) is 7.22. The molecule has 0 aliphatic carbocycles. The molecule has 0 unspecified atom stereocenters. The molecule has 134 valence electrons. The first-order valence-electron chi connectivity index (χ1n) is 9.01. The third kappa shape index (κ3) is 4.12. The van der Waals surface area contributed by atoms with Crippen LogP contribution in [0.5, 0.6) is 0 Å². The molecule has 0 spiro atoms. The molecular formula is C23H26N2O. The van der Waals surface area contributed by atoms with Gasteiger partial charge in [-0.25, -0.2) is 0 Å². The number of hydrogen-bond acceptors (Lipinski definition) is 2. The Morgan fingerprint density at radius 3 is 2.35 bits per heavy atom. The Kier molecular flexibility index (Phi) is 5.38. The van der Waals surface area contributed by atoms with Crippen molar-refractivity contribution in [3.63, 3.8) is 0 Å². The van der Waals surface area contributed by atoms with E-state index in [-0.39, 0.29) is 5.91 Å². The lowest BCUT2D eigenvalue weighted by Gasteiger charge is -2.27. The summed E-state index contributed by atoms with van der Waals surface area (Å²) in [6.45, 7) is 4.93. The fraction of sp³-hybridized carbons (Fsp3) is 0.261. The molecule has 3 aromatic carbocycles. The molecule has 3 nitrogen and oxygen atoms in total. The van der Waals surface area contributed by atoms with Crippen molar-refractivity contribution < 1.29 is 4.79 Å². The molecule has 0 saturated carbocycles. The summed E-state index contributed by atoms with van der Waals surface area (Å²) >= 11 is 0. The van der Waals surface area contributed by atoms with Gasteiger partial charge in [0.25, 0.3) is 0 Å². The van der Waals surface area contributed by atoms with Gasteiger partial charge in [-0.3, -0.25) is 4.79 Å². The quantitative estimate of drug-likeness (QED) is 0.704. The Morgan fingerprint density at radius 1 is 0.923 bits per heavy atom. The second-order valence-corrected chi connectivity index (χ2v) is 7.22. The summed E-state index contributed by atoms with van der Waals surface area (Å²) < 4.78 is 0. The normalized spacial score (nSPS) is 11.5. The van der Waals surface area contributed by atoms with Crippen LogP contribution in [0.25, 0.3) is 10.8 Å². The van der Waals surface area contributed by atoms with Crippen LogP contribution in [0, 0.1) is 0 Å². The van der Waals surface area contributed by atoms with Crippen molar-refractivity contribution in [3.8, 4) is 0 Å². The minimum atomic E-state index is -0.417. The van der Waals surface area contributed by atoms with Crippen molar-refractivity contribution in [1.29, 1.82) is 0 Å². The van der Waals surface area contributed by atoms with Gasteiger partial charge in [0.05, 0.1) is 12.0 Å². The van der Waals surface area contributed by atoms with Crippen LogP contribution in [0.4, 0.5) is 0 Å². The van der Waals surface area contributed by atoms with Gasteiger partial charge in [0, 0.05) is 6.54 Å². The number of fused-ring (bicyclic) bond motifs is 1. The number of carbonyl (C=O) groups is 1. The summed E-state index contributed by atoms with van der Waals surface area (Å²) in [4.78, 5) is 12.7. The highest BCUT2D eigenvalue weighted by atomic mass is 16.1. The van der Waals surface area contributed by atoms with E-state index >= 15 is 0 Å². The Hall–Kier alpha value is -2.65. The third-order valence-electron chi connectivity index (χ3n) is 4.74. The van der Waals surface area contributed by atoms with Gasteiger partial charge in [-0.05, 0) is 48.4 Å². The van der Waals surface area contributed by atoms with E-state index in [0.717, 1.165) is 28.4 Å². The summed E-state index contributed by atoms with van der Waals surface area (Å²) in [5.74, 6) is 0.0330. The fourth-order valence-corrected chi connectivity index (χ4v) is 3.33. The topological polar surface area (TPSA) is 41.1 Å². The van der Waals surface area contributed by atoms with Crippen LogP contribution in [0.1, 0.15) is 30.5 Å². The average Bonchev–Trinajstić information content (AvgIpc) is 2.62. The summed E-state index contributed by atoms with van der Waals surface area (Å²) in [7, 11) is 1.94. The summed E-state index contributed by atoms with van der Waals surface area (Å²) in [6, 6.07) is 22.7. The monoisotopic (exact) mass is 346 g/mol. The highest BCUT2D eigenvalue weighted by Crippen LogP contribution is 2.22. The first kappa shape index (κ1) is 18.2. The van der Waals surface area contributed by atoms with Crippen LogP contribution in [0.15, 0.2) is 66.7 Å². The van der Waals surface area contributed by atoms with Crippen LogP contribution >= 0.6 is 0 Å². The van der Waals surface area contributed by atoms with Crippen LogP contribution in [-0.4, -0.2) is 13.0 Å². The molecule has 0 fully saturated rings. The molecular weight excluding hydrogens is 320 g/mol. The van der Waals surface area contributed by atoms with E-state index < -0.39 is 5.54 Å². The summed E-state index contributed by atoms with van der Waals surface area (Å²) in [5.41, 5.74) is 2.97. The predicted octanol–water partition coefficient (Wildman–Crippen LogP) is 4.15. The number of amides is 1. The molecule has 0 radical (unpaired) electrons. The van der Waals surface area contributed by atoms with Crippen LogP contribution < -0.4 is 10.6 Å². The summed E-state index contributed by atoms with van der Waals surface area (Å²) in [5, 5.41) is 8.63. The fourth-order valence-electron chi connectivity index (χ4n) is 3.33. The standard InChI is InChI=1S/C23H26N2O/c1-23(2,20-13-11-17(12-14-20)16-24-3)25-22(26)15-19-9-6-8-18-7-4-5-10-21(18)19/h4-14,24H,15-16H2,1-3H3,(H,25,26). The molecule has 3 aromatic rings. The molecule has 1 amide bonds. The molecule has 0 aromatic heterocycles. The van der Waals surface area contributed by atoms with Crippen molar-refractivity contribution in [2.45, 2.75) is 32.4 Å². The maximum absolute atomic E-state index is 12.7. The van der Waals surface area contributed by atoms with E-state index in [1.54, 1.807) is 0 Å². The highest BCUT2D eigenvalue weighted by Gasteiger charge is 2.23. The Bertz CT molecular complexity index is 892. The van der Waals surface area contributed by atoms with Gasteiger partial charge in [0.1, 0.15) is 0 Å². The van der Waals surface area contributed by atoms with Crippen molar-refractivity contribution in [1.82, 2.24) is 10.6 Å². The molecule has 0 heterocycles. The lowest BCUT2D eigenvalue weighted by Crippen LogP contribution is -2.41. The van der Waals surface area contributed by atoms with Gasteiger partial charge in [-0.2, -0.15) is 0 Å². The van der Waals surface area contributed by atoms with Gasteiger partial charge >= 0.3 is 0 Å². The van der Waals surface area contributed by atoms with Crippen molar-refractivity contribution in [3.05, 3.63) is 83.4 Å². The summed E-state index contributed by atoms with van der Waals surface area (Å²) in [6.07, 6.45) is 0.378. The lowest BCUT2D eigenvalue weighted by atomic mass is 9.92. The molecule has 0 aliphatic rings.